The third-order valence-corrected chi connectivity index (χ3v) is 6.18. The first-order valence-electron chi connectivity index (χ1n) is 10.7. The van der Waals surface area contributed by atoms with Crippen LogP contribution >= 0.6 is 12.2 Å². The van der Waals surface area contributed by atoms with Crippen LogP contribution in [0.2, 0.25) is 0 Å². The molecule has 1 fully saturated rings. The van der Waals surface area contributed by atoms with E-state index in [1.165, 1.54) is 5.56 Å². The molecule has 3 aromatic heterocycles. The van der Waals surface area contributed by atoms with Crippen molar-refractivity contribution in [1.82, 2.24) is 24.8 Å². The van der Waals surface area contributed by atoms with Gasteiger partial charge in [0.2, 0.25) is 0 Å². The Morgan fingerprint density at radius 3 is 2.66 bits per heavy atom. The summed E-state index contributed by atoms with van der Waals surface area (Å²) in [5.74, 6) is -0.297. The summed E-state index contributed by atoms with van der Waals surface area (Å²) >= 11 is 5.65. The van der Waals surface area contributed by atoms with Crippen molar-refractivity contribution in [3.05, 3.63) is 83.2 Å². The van der Waals surface area contributed by atoms with Gasteiger partial charge in [0.1, 0.15) is 6.54 Å². The number of rotatable bonds is 7. The number of hydrogen-bond acceptors (Lipinski definition) is 5. The third kappa shape index (κ3) is 4.36. The third-order valence-electron chi connectivity index (χ3n) is 5.82. The SMILES string of the molecule is CCOC(=O)CN1C(=S)N[C@H](c2ccccn2)[C@H]1c1cc(C)n(Cc2ccncc2)c1C. The molecule has 0 saturated carbocycles. The van der Waals surface area contributed by atoms with Gasteiger partial charge in [-0.3, -0.25) is 14.8 Å². The number of nitrogens with one attached hydrogen (secondary N) is 1. The quantitative estimate of drug-likeness (QED) is 0.437. The average Bonchev–Trinajstić information content (AvgIpc) is 3.26. The van der Waals surface area contributed by atoms with Crippen molar-refractivity contribution in [3.63, 3.8) is 0 Å². The van der Waals surface area contributed by atoms with Crippen molar-refractivity contribution in [3.8, 4) is 0 Å². The molecule has 2 atom stereocenters. The van der Waals surface area contributed by atoms with Crippen LogP contribution in [0.15, 0.2) is 55.0 Å². The summed E-state index contributed by atoms with van der Waals surface area (Å²) < 4.78 is 7.50. The minimum Gasteiger partial charge on any atom is -0.465 e. The second-order valence-corrected chi connectivity index (χ2v) is 8.21. The molecule has 0 spiro atoms. The van der Waals surface area contributed by atoms with E-state index in [0.717, 1.165) is 29.2 Å². The first kappa shape index (κ1) is 22.0. The van der Waals surface area contributed by atoms with Crippen LogP contribution in [0.25, 0.3) is 0 Å². The maximum Gasteiger partial charge on any atom is 0.325 e. The zero-order valence-corrected chi connectivity index (χ0v) is 19.3. The predicted octanol–water partition coefficient (Wildman–Crippen LogP) is 3.48. The van der Waals surface area contributed by atoms with Gasteiger partial charge in [-0.25, -0.2) is 0 Å². The summed E-state index contributed by atoms with van der Waals surface area (Å²) in [6, 6.07) is 11.7. The molecular weight excluding hydrogens is 422 g/mol. The highest BCUT2D eigenvalue weighted by Gasteiger charge is 2.42. The van der Waals surface area contributed by atoms with E-state index in [2.05, 4.69) is 39.8 Å². The Kier molecular flexibility index (Phi) is 6.50. The second kappa shape index (κ2) is 9.48. The number of thiocarbonyl (C=S) groups is 1. The van der Waals surface area contributed by atoms with Crippen LogP contribution in [0.1, 0.15) is 47.2 Å². The first-order chi connectivity index (χ1) is 15.5. The summed E-state index contributed by atoms with van der Waals surface area (Å²) in [5.41, 5.74) is 5.45. The molecule has 0 amide bonds. The Morgan fingerprint density at radius 1 is 1.19 bits per heavy atom. The topological polar surface area (TPSA) is 72.3 Å². The van der Waals surface area contributed by atoms with Crippen LogP contribution in [-0.2, 0) is 16.1 Å². The van der Waals surface area contributed by atoms with Crippen LogP contribution in [0.3, 0.4) is 0 Å². The summed E-state index contributed by atoms with van der Waals surface area (Å²) in [5, 5.41) is 3.92. The smallest absolute Gasteiger partial charge is 0.325 e. The van der Waals surface area contributed by atoms with Gasteiger partial charge in [0.25, 0.3) is 0 Å². The number of hydrogen-bond donors (Lipinski definition) is 1. The largest absolute Gasteiger partial charge is 0.465 e. The Balaban J connectivity index is 1.74. The van der Waals surface area contributed by atoms with Gasteiger partial charge < -0.3 is 19.5 Å². The molecule has 8 heteroatoms. The molecule has 7 nitrogen and oxygen atoms in total. The van der Waals surface area contributed by atoms with Gasteiger partial charge in [-0.2, -0.15) is 0 Å². The number of pyridine rings is 2. The Morgan fingerprint density at radius 2 is 1.97 bits per heavy atom. The summed E-state index contributed by atoms with van der Waals surface area (Å²) in [6.45, 7) is 7.19. The van der Waals surface area contributed by atoms with E-state index in [4.69, 9.17) is 17.0 Å². The van der Waals surface area contributed by atoms with Crippen molar-refractivity contribution in [2.75, 3.05) is 13.2 Å². The molecule has 0 aromatic carbocycles. The van der Waals surface area contributed by atoms with E-state index in [1.54, 1.807) is 13.1 Å². The van der Waals surface area contributed by atoms with Crippen molar-refractivity contribution >= 4 is 23.3 Å². The zero-order chi connectivity index (χ0) is 22.7. The first-order valence-corrected chi connectivity index (χ1v) is 11.1. The highest BCUT2D eigenvalue weighted by atomic mass is 32.1. The minimum absolute atomic E-state index is 0.0850. The molecule has 0 radical (unpaired) electrons. The van der Waals surface area contributed by atoms with Gasteiger partial charge in [-0.05, 0) is 74.4 Å². The zero-order valence-electron chi connectivity index (χ0n) is 18.5. The number of carbonyl (C=O) groups excluding carboxylic acids is 1. The molecule has 0 bridgehead atoms. The summed E-state index contributed by atoms with van der Waals surface area (Å²) in [6.07, 6.45) is 5.39. The normalized spacial score (nSPS) is 18.0. The minimum atomic E-state index is -0.297. The van der Waals surface area contributed by atoms with Gasteiger partial charge in [0.15, 0.2) is 5.11 Å². The standard InChI is InChI=1S/C24H27N5O2S/c1-4-31-21(30)15-29-23(22(27-24(29)32)20-7-5-6-10-26-20)19-13-16(2)28(17(19)3)14-18-8-11-25-12-9-18/h5-13,22-23H,4,14-15H2,1-3H3,(H,27,32)/t22-,23-/m1/s1. The Hall–Kier alpha value is -3.26. The summed E-state index contributed by atoms with van der Waals surface area (Å²) in [7, 11) is 0. The van der Waals surface area contributed by atoms with Gasteiger partial charge in [0, 0.05) is 36.5 Å². The van der Waals surface area contributed by atoms with Crippen molar-refractivity contribution < 1.29 is 9.53 Å². The van der Waals surface area contributed by atoms with Crippen LogP contribution in [0.5, 0.6) is 0 Å². The molecule has 4 heterocycles. The molecule has 1 saturated heterocycles. The number of aryl methyl sites for hydroxylation is 1. The van der Waals surface area contributed by atoms with E-state index < -0.39 is 0 Å². The molecule has 166 valence electrons. The lowest BCUT2D eigenvalue weighted by Gasteiger charge is -2.27. The van der Waals surface area contributed by atoms with Crippen LogP contribution in [-0.4, -0.2) is 43.7 Å². The number of carbonyl (C=O) groups is 1. The fourth-order valence-corrected chi connectivity index (χ4v) is 4.61. The molecule has 1 aliphatic rings. The molecule has 0 unspecified atom stereocenters. The fraction of sp³-hybridized carbons (Fsp3) is 0.333. The van der Waals surface area contributed by atoms with Gasteiger partial charge in [0.05, 0.1) is 24.4 Å². The number of ether oxygens (including phenoxy) is 1. The number of nitrogens with zero attached hydrogens (tertiary/aromatic N) is 4. The van der Waals surface area contributed by atoms with Gasteiger partial charge in [-0.15, -0.1) is 0 Å². The lowest BCUT2D eigenvalue weighted by Crippen LogP contribution is -2.35. The molecule has 3 aromatic rings. The molecular formula is C24H27N5O2S. The predicted molar refractivity (Wildman–Crippen MR) is 126 cm³/mol. The Bertz CT molecular complexity index is 1100. The molecule has 0 aliphatic carbocycles. The second-order valence-electron chi connectivity index (χ2n) is 7.83. The maximum atomic E-state index is 12.4. The highest BCUT2D eigenvalue weighted by molar-refractivity contribution is 7.80. The fourth-order valence-electron chi connectivity index (χ4n) is 4.30. The van der Waals surface area contributed by atoms with E-state index in [-0.39, 0.29) is 24.6 Å². The maximum absolute atomic E-state index is 12.4. The molecule has 1 N–H and O–H groups in total. The van der Waals surface area contributed by atoms with E-state index in [1.807, 2.05) is 47.6 Å². The van der Waals surface area contributed by atoms with Crippen molar-refractivity contribution in [2.24, 2.45) is 0 Å². The van der Waals surface area contributed by atoms with Gasteiger partial charge in [-0.1, -0.05) is 6.07 Å². The summed E-state index contributed by atoms with van der Waals surface area (Å²) in [4.78, 5) is 23.0. The van der Waals surface area contributed by atoms with Crippen molar-refractivity contribution in [2.45, 2.75) is 39.4 Å². The lowest BCUT2D eigenvalue weighted by molar-refractivity contribution is -0.143. The van der Waals surface area contributed by atoms with Crippen molar-refractivity contribution in [1.29, 1.82) is 0 Å². The number of esters is 1. The highest BCUT2D eigenvalue weighted by Crippen LogP contribution is 2.40. The van der Waals surface area contributed by atoms with Crippen LogP contribution < -0.4 is 5.32 Å². The molecule has 1 aliphatic heterocycles. The van der Waals surface area contributed by atoms with E-state index >= 15 is 0 Å². The average molecular weight is 450 g/mol. The molecule has 4 rings (SSSR count). The number of aromatic nitrogens is 3. The monoisotopic (exact) mass is 449 g/mol. The van der Waals surface area contributed by atoms with E-state index in [0.29, 0.717) is 11.7 Å². The van der Waals surface area contributed by atoms with Crippen LogP contribution in [0.4, 0.5) is 0 Å². The van der Waals surface area contributed by atoms with E-state index in [9.17, 15) is 4.79 Å². The Labute approximate surface area is 193 Å². The molecule has 32 heavy (non-hydrogen) atoms. The van der Waals surface area contributed by atoms with Crippen LogP contribution in [0, 0.1) is 13.8 Å². The van der Waals surface area contributed by atoms with Gasteiger partial charge >= 0.3 is 5.97 Å². The lowest BCUT2D eigenvalue weighted by atomic mass is 9.97.